The van der Waals surface area contributed by atoms with Gasteiger partial charge in [-0.05, 0) is 34.9 Å². The van der Waals surface area contributed by atoms with Crippen molar-refractivity contribution in [2.45, 2.75) is 57.2 Å². The second-order valence-corrected chi connectivity index (χ2v) is 7.03. The standard InChI is InChI=1S/C17H25BrF2O/c1-11(2)13-5-6-14(15(9-13)12(3)4)16(18)7-8-21-10-17(19)20/h5-6,9,11-12,16-17H,7-8,10H2,1-4H3. The van der Waals surface area contributed by atoms with Crippen molar-refractivity contribution in [2.75, 3.05) is 13.2 Å². The highest BCUT2D eigenvalue weighted by Crippen LogP contribution is 2.34. The minimum atomic E-state index is -2.39. The van der Waals surface area contributed by atoms with Crippen LogP contribution in [0.4, 0.5) is 8.78 Å². The Morgan fingerprint density at radius 2 is 1.71 bits per heavy atom. The molecule has 0 aliphatic heterocycles. The van der Waals surface area contributed by atoms with Gasteiger partial charge in [0.1, 0.15) is 6.61 Å². The maximum absolute atomic E-state index is 12.0. The normalized spacial score (nSPS) is 13.4. The van der Waals surface area contributed by atoms with E-state index in [1.54, 1.807) is 0 Å². The van der Waals surface area contributed by atoms with Gasteiger partial charge in [0.05, 0.1) is 0 Å². The molecular formula is C17H25BrF2O. The molecule has 0 heterocycles. The lowest BCUT2D eigenvalue weighted by molar-refractivity contribution is 0.0167. The molecule has 4 heteroatoms. The van der Waals surface area contributed by atoms with Gasteiger partial charge in [-0.2, -0.15) is 0 Å². The summed E-state index contributed by atoms with van der Waals surface area (Å²) in [7, 11) is 0. The van der Waals surface area contributed by atoms with Gasteiger partial charge in [0, 0.05) is 11.4 Å². The molecular weight excluding hydrogens is 338 g/mol. The summed E-state index contributed by atoms with van der Waals surface area (Å²) >= 11 is 3.67. The van der Waals surface area contributed by atoms with Crippen molar-refractivity contribution < 1.29 is 13.5 Å². The zero-order chi connectivity index (χ0) is 16.0. The van der Waals surface area contributed by atoms with Crippen LogP contribution in [0.25, 0.3) is 0 Å². The van der Waals surface area contributed by atoms with Gasteiger partial charge in [-0.1, -0.05) is 61.8 Å². The lowest BCUT2D eigenvalue weighted by Gasteiger charge is -2.20. The van der Waals surface area contributed by atoms with Gasteiger partial charge in [-0.15, -0.1) is 0 Å². The van der Waals surface area contributed by atoms with Crippen LogP contribution < -0.4 is 0 Å². The molecule has 1 aromatic rings. The summed E-state index contributed by atoms with van der Waals surface area (Å²) < 4.78 is 29.0. The molecule has 21 heavy (non-hydrogen) atoms. The molecule has 0 aliphatic carbocycles. The van der Waals surface area contributed by atoms with Crippen LogP contribution in [0.15, 0.2) is 18.2 Å². The predicted molar refractivity (Wildman–Crippen MR) is 87.7 cm³/mol. The van der Waals surface area contributed by atoms with Gasteiger partial charge in [0.2, 0.25) is 0 Å². The van der Waals surface area contributed by atoms with Gasteiger partial charge in [0.25, 0.3) is 6.43 Å². The lowest BCUT2D eigenvalue weighted by Crippen LogP contribution is -2.08. The summed E-state index contributed by atoms with van der Waals surface area (Å²) in [4.78, 5) is 0.133. The van der Waals surface area contributed by atoms with Crippen molar-refractivity contribution in [2.24, 2.45) is 0 Å². The van der Waals surface area contributed by atoms with E-state index in [9.17, 15) is 8.78 Å². The molecule has 0 aliphatic rings. The number of alkyl halides is 3. The number of hydrogen-bond acceptors (Lipinski definition) is 1. The third kappa shape index (κ3) is 6.03. The monoisotopic (exact) mass is 362 g/mol. The summed E-state index contributed by atoms with van der Waals surface area (Å²) in [6.07, 6.45) is -1.71. The second-order valence-electron chi connectivity index (χ2n) is 5.92. The van der Waals surface area contributed by atoms with E-state index in [1.165, 1.54) is 16.7 Å². The molecule has 0 spiro atoms. The second kappa shape index (κ2) is 8.84. The zero-order valence-corrected chi connectivity index (χ0v) is 14.8. The van der Waals surface area contributed by atoms with Gasteiger partial charge < -0.3 is 4.74 Å². The largest absolute Gasteiger partial charge is 0.375 e. The fraction of sp³-hybridized carbons (Fsp3) is 0.647. The minimum absolute atomic E-state index is 0.133. The Kier molecular flexibility index (Phi) is 7.82. The molecule has 1 rings (SSSR count). The van der Waals surface area contributed by atoms with Crippen molar-refractivity contribution in [3.8, 4) is 0 Å². The van der Waals surface area contributed by atoms with Crippen molar-refractivity contribution in [3.05, 3.63) is 34.9 Å². The summed E-state index contributed by atoms with van der Waals surface area (Å²) in [6, 6.07) is 6.57. The van der Waals surface area contributed by atoms with E-state index in [4.69, 9.17) is 4.74 Å². The molecule has 1 atom stereocenters. The van der Waals surface area contributed by atoms with Crippen molar-refractivity contribution in [3.63, 3.8) is 0 Å². The first-order chi connectivity index (χ1) is 9.82. The van der Waals surface area contributed by atoms with Gasteiger partial charge in [0.15, 0.2) is 0 Å². The third-order valence-corrected chi connectivity index (χ3v) is 4.45. The van der Waals surface area contributed by atoms with Crippen molar-refractivity contribution in [1.82, 2.24) is 0 Å². The molecule has 0 radical (unpaired) electrons. The molecule has 1 unspecified atom stereocenters. The van der Waals surface area contributed by atoms with Crippen LogP contribution >= 0.6 is 15.9 Å². The number of benzene rings is 1. The molecule has 0 saturated carbocycles. The first-order valence-electron chi connectivity index (χ1n) is 7.46. The van der Waals surface area contributed by atoms with E-state index in [-0.39, 0.29) is 4.83 Å². The van der Waals surface area contributed by atoms with Crippen LogP contribution in [0.2, 0.25) is 0 Å². The van der Waals surface area contributed by atoms with E-state index in [0.29, 0.717) is 24.9 Å². The predicted octanol–water partition coefficient (Wildman–Crippen LogP) is 6.04. The SMILES string of the molecule is CC(C)c1ccc(C(Br)CCOCC(F)F)c(C(C)C)c1. The van der Waals surface area contributed by atoms with Crippen LogP contribution in [0.5, 0.6) is 0 Å². The van der Waals surface area contributed by atoms with Crippen LogP contribution in [-0.2, 0) is 4.74 Å². The highest BCUT2D eigenvalue weighted by atomic mass is 79.9. The highest BCUT2D eigenvalue weighted by Gasteiger charge is 2.16. The number of halogens is 3. The zero-order valence-electron chi connectivity index (χ0n) is 13.2. The first-order valence-corrected chi connectivity index (χ1v) is 8.38. The maximum Gasteiger partial charge on any atom is 0.261 e. The van der Waals surface area contributed by atoms with Crippen LogP contribution in [0, 0.1) is 0 Å². The Morgan fingerprint density at radius 1 is 1.05 bits per heavy atom. The van der Waals surface area contributed by atoms with Gasteiger partial charge in [-0.3, -0.25) is 0 Å². The Hall–Kier alpha value is -0.480. The summed E-state index contributed by atoms with van der Waals surface area (Å²) in [6.45, 7) is 8.57. The van der Waals surface area contributed by atoms with Gasteiger partial charge in [-0.25, -0.2) is 8.78 Å². The Morgan fingerprint density at radius 3 is 2.24 bits per heavy atom. The van der Waals surface area contributed by atoms with E-state index in [2.05, 4.69) is 61.8 Å². The van der Waals surface area contributed by atoms with E-state index < -0.39 is 13.0 Å². The lowest BCUT2D eigenvalue weighted by atomic mass is 9.90. The van der Waals surface area contributed by atoms with Crippen LogP contribution in [-0.4, -0.2) is 19.6 Å². The van der Waals surface area contributed by atoms with Crippen LogP contribution in [0.3, 0.4) is 0 Å². The Balaban J connectivity index is 2.76. The number of rotatable bonds is 8. The quantitative estimate of drug-likeness (QED) is 0.404. The minimum Gasteiger partial charge on any atom is -0.375 e. The molecule has 120 valence electrons. The molecule has 0 saturated heterocycles. The molecule has 0 fully saturated rings. The van der Waals surface area contributed by atoms with E-state index >= 15 is 0 Å². The van der Waals surface area contributed by atoms with Crippen molar-refractivity contribution in [1.29, 1.82) is 0 Å². The first kappa shape index (κ1) is 18.6. The smallest absolute Gasteiger partial charge is 0.261 e. The molecule has 0 N–H and O–H groups in total. The number of ether oxygens (including phenoxy) is 1. The summed E-state index contributed by atoms with van der Waals surface area (Å²) in [5, 5.41) is 0. The summed E-state index contributed by atoms with van der Waals surface area (Å²) in [5.41, 5.74) is 3.88. The molecule has 1 aromatic carbocycles. The average Bonchev–Trinajstić information content (AvgIpc) is 2.42. The Bertz CT molecular complexity index is 433. The number of hydrogen-bond donors (Lipinski definition) is 0. The van der Waals surface area contributed by atoms with E-state index in [1.807, 2.05) is 0 Å². The topological polar surface area (TPSA) is 9.23 Å². The maximum atomic E-state index is 12.0. The molecule has 1 nitrogen and oxygen atoms in total. The highest BCUT2D eigenvalue weighted by molar-refractivity contribution is 9.09. The fourth-order valence-electron chi connectivity index (χ4n) is 2.25. The Labute approximate surface area is 135 Å². The molecule has 0 amide bonds. The average molecular weight is 363 g/mol. The summed E-state index contributed by atoms with van der Waals surface area (Å²) in [5.74, 6) is 0.931. The molecule has 0 aromatic heterocycles. The van der Waals surface area contributed by atoms with Crippen molar-refractivity contribution >= 4 is 15.9 Å². The third-order valence-electron chi connectivity index (χ3n) is 3.50. The van der Waals surface area contributed by atoms with Crippen LogP contribution in [0.1, 0.15) is 67.5 Å². The fourth-order valence-corrected chi connectivity index (χ4v) is 2.86. The van der Waals surface area contributed by atoms with Gasteiger partial charge >= 0.3 is 0 Å². The molecule has 0 bridgehead atoms. The van der Waals surface area contributed by atoms with E-state index in [0.717, 1.165) is 0 Å².